The Kier molecular flexibility index (Phi) is 4.64. The molecule has 1 amide bonds. The van der Waals surface area contributed by atoms with Crippen LogP contribution in [0.2, 0.25) is 0 Å². The minimum Gasteiger partial charge on any atom is -0.494 e. The fourth-order valence-corrected chi connectivity index (χ4v) is 2.28. The van der Waals surface area contributed by atoms with E-state index in [4.69, 9.17) is 19.9 Å². The summed E-state index contributed by atoms with van der Waals surface area (Å²) >= 11 is 0. The highest BCUT2D eigenvalue weighted by molar-refractivity contribution is 6.00. The Labute approximate surface area is 122 Å². The van der Waals surface area contributed by atoms with E-state index >= 15 is 0 Å². The average molecular weight is 294 g/mol. The number of methoxy groups -OCH3 is 2. The number of nitrogens with zero attached hydrogens (tertiary/aromatic N) is 1. The van der Waals surface area contributed by atoms with Crippen molar-refractivity contribution in [3.05, 3.63) is 23.8 Å². The summed E-state index contributed by atoms with van der Waals surface area (Å²) in [7, 11) is 2.72. The van der Waals surface area contributed by atoms with Crippen LogP contribution in [0.1, 0.15) is 10.4 Å². The van der Waals surface area contributed by atoms with Crippen LogP contribution in [0, 0.1) is 0 Å². The van der Waals surface area contributed by atoms with Crippen LogP contribution in [0.15, 0.2) is 18.2 Å². The highest BCUT2D eigenvalue weighted by Crippen LogP contribution is 2.28. The second kappa shape index (κ2) is 6.45. The fraction of sp³-hybridized carbons (Fsp3) is 0.429. The molecule has 114 valence electrons. The lowest BCUT2D eigenvalue weighted by atomic mass is 10.1. The highest BCUT2D eigenvalue weighted by Gasteiger charge is 2.35. The first-order valence-electron chi connectivity index (χ1n) is 6.49. The van der Waals surface area contributed by atoms with Crippen LogP contribution >= 0.6 is 0 Å². The number of carbonyl (C=O) groups is 2. The number of para-hydroxylation sites is 1. The fourth-order valence-electron chi connectivity index (χ4n) is 2.28. The van der Waals surface area contributed by atoms with Crippen molar-refractivity contribution in [1.82, 2.24) is 4.90 Å². The minimum absolute atomic E-state index is 0.114. The Morgan fingerprint density at radius 2 is 2.14 bits per heavy atom. The van der Waals surface area contributed by atoms with Gasteiger partial charge in [-0.15, -0.1) is 0 Å². The molecule has 1 aromatic rings. The van der Waals surface area contributed by atoms with Gasteiger partial charge in [-0.05, 0) is 12.1 Å². The molecule has 0 radical (unpaired) electrons. The van der Waals surface area contributed by atoms with Crippen molar-refractivity contribution in [2.75, 3.05) is 39.7 Å². The number of benzene rings is 1. The lowest BCUT2D eigenvalue weighted by molar-refractivity contribution is -0.151. The van der Waals surface area contributed by atoms with Crippen LogP contribution in [0.4, 0.5) is 5.69 Å². The molecule has 7 heteroatoms. The van der Waals surface area contributed by atoms with Crippen LogP contribution < -0.4 is 10.5 Å². The molecule has 1 aliphatic rings. The Morgan fingerprint density at radius 1 is 1.38 bits per heavy atom. The summed E-state index contributed by atoms with van der Waals surface area (Å²) < 4.78 is 15.2. The van der Waals surface area contributed by atoms with Gasteiger partial charge >= 0.3 is 5.97 Å². The Hall–Kier alpha value is -2.28. The van der Waals surface area contributed by atoms with Crippen LogP contribution in [0.5, 0.6) is 5.75 Å². The molecule has 1 aliphatic heterocycles. The van der Waals surface area contributed by atoms with Gasteiger partial charge in [-0.3, -0.25) is 4.79 Å². The van der Waals surface area contributed by atoms with Crippen molar-refractivity contribution in [3.8, 4) is 5.75 Å². The standard InChI is InChI=1S/C14H18N2O5/c1-19-12-9(4-3-5-10(12)15)13(17)16-6-7-21-8-11(16)14(18)20-2/h3-5,11H,6-8,15H2,1-2H3. The molecule has 0 bridgehead atoms. The monoisotopic (exact) mass is 294 g/mol. The maximum atomic E-state index is 12.7. The number of esters is 1. The van der Waals surface area contributed by atoms with Gasteiger partial charge in [0.15, 0.2) is 11.8 Å². The number of ether oxygens (including phenoxy) is 3. The molecule has 1 saturated heterocycles. The summed E-state index contributed by atoms with van der Waals surface area (Å²) in [5, 5.41) is 0. The zero-order chi connectivity index (χ0) is 15.4. The molecular formula is C14H18N2O5. The van der Waals surface area contributed by atoms with Gasteiger partial charge in [0.2, 0.25) is 0 Å². The highest BCUT2D eigenvalue weighted by atomic mass is 16.5. The molecule has 0 aliphatic carbocycles. The number of hydrogen-bond donors (Lipinski definition) is 1. The summed E-state index contributed by atoms with van der Waals surface area (Å²) in [5.41, 5.74) is 6.49. The normalized spacial score (nSPS) is 18.2. The third-order valence-electron chi connectivity index (χ3n) is 3.34. The van der Waals surface area contributed by atoms with Gasteiger partial charge in [-0.1, -0.05) is 6.07 Å². The number of nitrogen functional groups attached to an aromatic ring is 1. The third kappa shape index (κ3) is 2.92. The van der Waals surface area contributed by atoms with Crippen molar-refractivity contribution in [3.63, 3.8) is 0 Å². The number of anilines is 1. The quantitative estimate of drug-likeness (QED) is 0.636. The number of morpholine rings is 1. The van der Waals surface area contributed by atoms with Crippen LogP contribution in [0.3, 0.4) is 0 Å². The molecule has 1 aromatic carbocycles. The molecule has 0 spiro atoms. The molecule has 1 atom stereocenters. The van der Waals surface area contributed by atoms with Crippen molar-refractivity contribution < 1.29 is 23.8 Å². The molecule has 1 heterocycles. The van der Waals surface area contributed by atoms with Crippen LogP contribution in [-0.4, -0.2) is 56.8 Å². The van der Waals surface area contributed by atoms with Gasteiger partial charge in [0, 0.05) is 6.54 Å². The Bertz CT molecular complexity index is 546. The number of nitrogens with two attached hydrogens (primary N) is 1. The number of rotatable bonds is 3. The van der Waals surface area contributed by atoms with E-state index in [0.717, 1.165) is 0 Å². The first-order chi connectivity index (χ1) is 10.1. The van der Waals surface area contributed by atoms with Crippen LogP contribution in [0.25, 0.3) is 0 Å². The summed E-state index contributed by atoms with van der Waals surface area (Å²) in [6.45, 7) is 0.781. The van der Waals surface area contributed by atoms with E-state index < -0.39 is 12.0 Å². The van der Waals surface area contributed by atoms with E-state index in [9.17, 15) is 9.59 Å². The maximum absolute atomic E-state index is 12.7. The molecule has 2 N–H and O–H groups in total. The van der Waals surface area contributed by atoms with E-state index in [-0.39, 0.29) is 12.5 Å². The first-order valence-corrected chi connectivity index (χ1v) is 6.49. The number of carbonyl (C=O) groups excluding carboxylic acids is 2. The van der Waals surface area contributed by atoms with Crippen molar-refractivity contribution >= 4 is 17.6 Å². The zero-order valence-corrected chi connectivity index (χ0v) is 12.0. The second-order valence-corrected chi connectivity index (χ2v) is 4.54. The topological polar surface area (TPSA) is 91.1 Å². The lowest BCUT2D eigenvalue weighted by Crippen LogP contribution is -2.53. The van der Waals surface area contributed by atoms with Gasteiger partial charge in [0.05, 0.1) is 38.7 Å². The summed E-state index contributed by atoms with van der Waals surface area (Å²) in [6, 6.07) is 4.16. The van der Waals surface area contributed by atoms with Gasteiger partial charge in [0.1, 0.15) is 0 Å². The van der Waals surface area contributed by atoms with Gasteiger partial charge < -0.3 is 24.8 Å². The lowest BCUT2D eigenvalue weighted by Gasteiger charge is -2.34. The van der Waals surface area contributed by atoms with Gasteiger partial charge in [-0.2, -0.15) is 0 Å². The minimum atomic E-state index is -0.762. The van der Waals surface area contributed by atoms with E-state index in [1.54, 1.807) is 18.2 Å². The first kappa shape index (κ1) is 15.1. The Morgan fingerprint density at radius 3 is 2.81 bits per heavy atom. The number of amides is 1. The molecule has 2 rings (SSSR count). The van der Waals surface area contributed by atoms with Gasteiger partial charge in [0.25, 0.3) is 5.91 Å². The second-order valence-electron chi connectivity index (χ2n) is 4.54. The molecule has 7 nitrogen and oxygen atoms in total. The van der Waals surface area contributed by atoms with Gasteiger partial charge in [-0.25, -0.2) is 4.79 Å². The zero-order valence-electron chi connectivity index (χ0n) is 12.0. The van der Waals surface area contributed by atoms with E-state index in [0.29, 0.717) is 30.2 Å². The molecule has 0 saturated carbocycles. The third-order valence-corrected chi connectivity index (χ3v) is 3.34. The van der Waals surface area contributed by atoms with Crippen molar-refractivity contribution in [1.29, 1.82) is 0 Å². The SMILES string of the molecule is COC(=O)C1COCCN1C(=O)c1cccc(N)c1OC. The molecule has 21 heavy (non-hydrogen) atoms. The van der Waals surface area contributed by atoms with E-state index in [2.05, 4.69) is 0 Å². The van der Waals surface area contributed by atoms with Crippen molar-refractivity contribution in [2.24, 2.45) is 0 Å². The molecule has 0 aromatic heterocycles. The van der Waals surface area contributed by atoms with E-state index in [1.165, 1.54) is 19.1 Å². The molecule has 1 unspecified atom stereocenters. The smallest absolute Gasteiger partial charge is 0.331 e. The predicted octanol–water partition coefficient (Wildman–Crippen LogP) is 0.291. The number of hydrogen-bond acceptors (Lipinski definition) is 6. The van der Waals surface area contributed by atoms with Crippen molar-refractivity contribution in [2.45, 2.75) is 6.04 Å². The van der Waals surface area contributed by atoms with Crippen LogP contribution in [-0.2, 0) is 14.3 Å². The van der Waals surface area contributed by atoms with E-state index in [1.807, 2.05) is 0 Å². The molecular weight excluding hydrogens is 276 g/mol. The predicted molar refractivity (Wildman–Crippen MR) is 75.1 cm³/mol. The molecule has 1 fully saturated rings. The maximum Gasteiger partial charge on any atom is 0.331 e. The largest absolute Gasteiger partial charge is 0.494 e. The Balaban J connectivity index is 2.33. The summed E-state index contributed by atoms with van der Waals surface area (Å²) in [4.78, 5) is 25.9. The summed E-state index contributed by atoms with van der Waals surface area (Å²) in [5.74, 6) is -0.540. The average Bonchev–Trinajstić information content (AvgIpc) is 2.53. The summed E-state index contributed by atoms with van der Waals surface area (Å²) in [6.07, 6.45) is 0.